The molecule has 0 aliphatic carbocycles. The Morgan fingerprint density at radius 3 is 2.79 bits per heavy atom. The molecule has 5 nitrogen and oxygen atoms in total. The predicted octanol–water partition coefficient (Wildman–Crippen LogP) is 3.15. The monoisotopic (exact) mass is 273 g/mol. The van der Waals surface area contributed by atoms with Crippen molar-refractivity contribution in [3.05, 3.63) is 40.4 Å². The summed E-state index contributed by atoms with van der Waals surface area (Å²) in [7, 11) is 0. The Hall–Kier alpha value is -2.34. The molecular formula is C13H11N3O2S. The lowest BCUT2D eigenvalue weighted by atomic mass is 10.3. The van der Waals surface area contributed by atoms with Crippen molar-refractivity contribution in [2.75, 3.05) is 0 Å². The smallest absolute Gasteiger partial charge is 0.218 e. The first-order valence-corrected chi connectivity index (χ1v) is 6.44. The molecule has 0 atom stereocenters. The van der Waals surface area contributed by atoms with Gasteiger partial charge in [-0.25, -0.2) is 4.98 Å². The zero-order chi connectivity index (χ0) is 13.6. The third kappa shape index (κ3) is 1.86. The molecule has 96 valence electrons. The minimum atomic E-state index is 0.372. The highest BCUT2D eigenvalue weighted by molar-refractivity contribution is 7.15. The van der Waals surface area contributed by atoms with E-state index in [9.17, 15) is 10.4 Å². The topological polar surface area (TPSA) is 64.1 Å². The van der Waals surface area contributed by atoms with Gasteiger partial charge in [0.05, 0.1) is 10.4 Å². The molecule has 0 fully saturated rings. The van der Waals surface area contributed by atoms with Crippen LogP contribution >= 0.6 is 11.3 Å². The van der Waals surface area contributed by atoms with Gasteiger partial charge in [0.1, 0.15) is 12.2 Å². The summed E-state index contributed by atoms with van der Waals surface area (Å²) in [5, 5.41) is 21.4. The van der Waals surface area contributed by atoms with Crippen molar-refractivity contribution in [3.8, 4) is 10.7 Å². The molecule has 1 N–H and O–H groups in total. The number of rotatable bonds is 2. The van der Waals surface area contributed by atoms with Crippen LogP contribution in [0, 0.1) is 12.1 Å². The van der Waals surface area contributed by atoms with E-state index in [1.165, 1.54) is 0 Å². The van der Waals surface area contributed by atoms with E-state index in [1.54, 1.807) is 29.5 Å². The van der Waals surface area contributed by atoms with Gasteiger partial charge in [0.2, 0.25) is 5.69 Å². The van der Waals surface area contributed by atoms with Gasteiger partial charge in [-0.1, -0.05) is 0 Å². The van der Waals surface area contributed by atoms with Crippen LogP contribution in [0.5, 0.6) is 0 Å². The third-order valence-electron chi connectivity index (χ3n) is 2.86. The number of fused-ring (bicyclic) bond motifs is 1. The van der Waals surface area contributed by atoms with Gasteiger partial charge in [-0.3, -0.25) is 0 Å². The summed E-state index contributed by atoms with van der Waals surface area (Å²) < 4.78 is 1.51. The Labute approximate surface area is 113 Å². The third-order valence-corrected chi connectivity index (χ3v) is 3.86. The van der Waals surface area contributed by atoms with Gasteiger partial charge in [0.15, 0.2) is 5.82 Å². The van der Waals surface area contributed by atoms with Gasteiger partial charge in [-0.05, 0) is 25.1 Å². The maximum atomic E-state index is 11.2. The Kier molecular flexibility index (Phi) is 2.53. The number of aromatic nitrogens is 2. The number of thiophene rings is 1. The molecule has 0 saturated carbocycles. The Morgan fingerprint density at radius 1 is 1.37 bits per heavy atom. The van der Waals surface area contributed by atoms with Crippen molar-refractivity contribution in [2.24, 2.45) is 0 Å². The molecule has 1 aromatic carbocycles. The summed E-state index contributed by atoms with van der Waals surface area (Å²) in [6.07, 6.45) is 0. The first-order valence-electron chi connectivity index (χ1n) is 5.62. The number of hydrogen-bond acceptors (Lipinski definition) is 4. The molecule has 0 bridgehead atoms. The highest BCUT2D eigenvalue weighted by Gasteiger charge is 2.15. The van der Waals surface area contributed by atoms with Crippen LogP contribution in [0.15, 0.2) is 30.3 Å². The predicted molar refractivity (Wildman–Crippen MR) is 75.4 cm³/mol. The molecule has 0 unspecified atom stereocenters. The second kappa shape index (κ2) is 4.10. The minimum Gasteiger partial charge on any atom is -0.619 e. The molecule has 3 aromatic rings. The van der Waals surface area contributed by atoms with Gasteiger partial charge in [0, 0.05) is 17.0 Å². The number of nitrogens with zero attached hydrogens (tertiary/aromatic N) is 3. The second-order valence-electron chi connectivity index (χ2n) is 4.21. The van der Waals surface area contributed by atoms with Gasteiger partial charge in [-0.2, -0.15) is 9.47 Å². The molecule has 2 aromatic heterocycles. The normalized spacial score (nSPS) is 11.0. The van der Waals surface area contributed by atoms with E-state index in [0.29, 0.717) is 27.3 Å². The summed E-state index contributed by atoms with van der Waals surface area (Å²) in [4.78, 5) is 6.40. The molecule has 0 spiro atoms. The van der Waals surface area contributed by atoms with Crippen LogP contribution < -0.4 is 0 Å². The molecule has 0 radical (unpaired) electrons. The Morgan fingerprint density at radius 2 is 2.16 bits per heavy atom. The molecule has 19 heavy (non-hydrogen) atoms. The van der Waals surface area contributed by atoms with Crippen LogP contribution in [0.25, 0.3) is 21.7 Å². The van der Waals surface area contributed by atoms with Crippen molar-refractivity contribution in [2.45, 2.75) is 6.92 Å². The number of aryl methyl sites for hydroxylation is 1. The largest absolute Gasteiger partial charge is 0.619 e. The van der Waals surface area contributed by atoms with Crippen molar-refractivity contribution in [1.82, 2.24) is 9.71 Å². The summed E-state index contributed by atoms with van der Waals surface area (Å²) in [5.41, 5.74) is 1.49. The summed E-state index contributed by atoms with van der Waals surface area (Å²) >= 11 is 1.55. The number of hydrogen-bond donors (Lipinski definition) is 1. The zero-order valence-electron chi connectivity index (χ0n) is 10.2. The summed E-state index contributed by atoms with van der Waals surface area (Å²) in [6.45, 7) is 5.28. The number of benzene rings is 1. The fourth-order valence-electron chi connectivity index (χ4n) is 1.92. The average molecular weight is 273 g/mol. The van der Waals surface area contributed by atoms with Crippen molar-refractivity contribution in [3.63, 3.8) is 0 Å². The molecule has 0 aliphatic heterocycles. The molecule has 3 rings (SSSR count). The lowest BCUT2D eigenvalue weighted by molar-refractivity contribution is -0.349. The van der Waals surface area contributed by atoms with E-state index in [-0.39, 0.29) is 0 Å². The highest BCUT2D eigenvalue weighted by atomic mass is 32.1. The fraction of sp³-hybridized carbons (Fsp3) is 0.0769. The van der Waals surface area contributed by atoms with E-state index >= 15 is 0 Å². The van der Waals surface area contributed by atoms with Crippen LogP contribution in [-0.4, -0.2) is 26.4 Å². The number of imidazole rings is 1. The SMILES string of the molecule is C=[N+]([O-])c1ccc2nc(-c3ccc(C)s3)n(O)c2c1. The van der Waals surface area contributed by atoms with E-state index in [0.717, 1.165) is 14.5 Å². The van der Waals surface area contributed by atoms with Crippen molar-refractivity contribution in [1.29, 1.82) is 0 Å². The maximum absolute atomic E-state index is 11.2. The summed E-state index contributed by atoms with van der Waals surface area (Å²) in [5.74, 6) is 0.478. The van der Waals surface area contributed by atoms with Gasteiger partial charge in [0.25, 0.3) is 0 Å². The van der Waals surface area contributed by atoms with E-state index in [4.69, 9.17) is 0 Å². The first-order chi connectivity index (χ1) is 9.06. The van der Waals surface area contributed by atoms with E-state index in [2.05, 4.69) is 11.7 Å². The van der Waals surface area contributed by atoms with Crippen LogP contribution in [0.3, 0.4) is 0 Å². The van der Waals surface area contributed by atoms with Crippen LogP contribution in [-0.2, 0) is 0 Å². The van der Waals surface area contributed by atoms with Crippen molar-refractivity contribution < 1.29 is 9.95 Å². The lowest BCUT2D eigenvalue weighted by Crippen LogP contribution is -1.94. The summed E-state index contributed by atoms with van der Waals surface area (Å²) in [6, 6.07) is 8.76. The van der Waals surface area contributed by atoms with Gasteiger partial charge < -0.3 is 10.4 Å². The quantitative estimate of drug-likeness (QED) is 0.256. The molecule has 2 heterocycles. The van der Waals surface area contributed by atoms with Crippen LogP contribution in [0.2, 0.25) is 0 Å². The molecule has 6 heteroatoms. The lowest BCUT2D eigenvalue weighted by Gasteiger charge is -2.00. The molecule has 0 saturated heterocycles. The standard InChI is InChI=1S/C13H11N3O2S/c1-8-3-6-12(19-8)13-14-10-5-4-9(15(2)17)7-11(10)16(13)18/h3-7,18H,2H2,1H3. The molecule has 0 aliphatic rings. The molecule has 0 amide bonds. The van der Waals surface area contributed by atoms with Crippen LogP contribution in [0.1, 0.15) is 4.88 Å². The average Bonchev–Trinajstić information content (AvgIpc) is 2.93. The Balaban J connectivity index is 2.23. The molecular weight excluding hydrogens is 262 g/mol. The van der Waals surface area contributed by atoms with Crippen LogP contribution in [0.4, 0.5) is 5.69 Å². The zero-order valence-corrected chi connectivity index (χ0v) is 11.0. The second-order valence-corrected chi connectivity index (χ2v) is 5.50. The minimum absolute atomic E-state index is 0.372. The fourth-order valence-corrected chi connectivity index (χ4v) is 2.76. The van der Waals surface area contributed by atoms with Gasteiger partial charge in [-0.15, -0.1) is 11.3 Å². The highest BCUT2D eigenvalue weighted by Crippen LogP contribution is 2.30. The maximum Gasteiger partial charge on any atom is 0.218 e. The van der Waals surface area contributed by atoms with E-state index < -0.39 is 0 Å². The van der Waals surface area contributed by atoms with Gasteiger partial charge >= 0.3 is 0 Å². The Bertz CT molecular complexity index is 788. The first kappa shape index (κ1) is 11.7. The van der Waals surface area contributed by atoms with Crippen molar-refractivity contribution >= 4 is 34.8 Å². The van der Waals surface area contributed by atoms with E-state index in [1.807, 2.05) is 19.1 Å².